The Morgan fingerprint density at radius 1 is 1.11 bits per heavy atom. The summed E-state index contributed by atoms with van der Waals surface area (Å²) in [6, 6.07) is 9.08. The van der Waals surface area contributed by atoms with Crippen LogP contribution in [0.2, 0.25) is 0 Å². The van der Waals surface area contributed by atoms with Crippen molar-refractivity contribution in [3.8, 4) is 0 Å². The van der Waals surface area contributed by atoms with Gasteiger partial charge in [-0.25, -0.2) is 0 Å². The molecule has 0 fully saturated rings. The van der Waals surface area contributed by atoms with Crippen molar-refractivity contribution in [2.45, 2.75) is 27.7 Å². The summed E-state index contributed by atoms with van der Waals surface area (Å²) in [5.74, 6) is -0.0494. The Hall–Kier alpha value is -2.11. The summed E-state index contributed by atoms with van der Waals surface area (Å²) >= 11 is 0. The van der Waals surface area contributed by atoms with Gasteiger partial charge >= 0.3 is 0 Å². The Kier molecular flexibility index (Phi) is 14.1. The van der Waals surface area contributed by atoms with Crippen LogP contribution in [-0.2, 0) is 0 Å². The average molecular weight is 256 g/mol. The van der Waals surface area contributed by atoms with Gasteiger partial charge in [-0.3, -0.25) is 4.79 Å². The predicted octanol–water partition coefficient (Wildman–Crippen LogP) is 5.38. The van der Waals surface area contributed by atoms with Gasteiger partial charge in [-0.1, -0.05) is 83.3 Å². The summed E-state index contributed by atoms with van der Waals surface area (Å²) in [4.78, 5) is 11.9. The zero-order valence-corrected chi connectivity index (χ0v) is 12.4. The molecule has 0 saturated carbocycles. The fourth-order valence-electron chi connectivity index (χ4n) is 1.18. The first-order valence-electron chi connectivity index (χ1n) is 6.58. The lowest BCUT2D eigenvalue weighted by atomic mass is 10.0. The van der Waals surface area contributed by atoms with E-state index in [0.29, 0.717) is 11.1 Å². The van der Waals surface area contributed by atoms with Crippen LogP contribution in [0.1, 0.15) is 38.1 Å². The molecule has 0 bridgehead atoms. The number of benzene rings is 1. The number of rotatable bonds is 4. The molecule has 0 aliphatic heterocycles. The number of ketones is 1. The van der Waals surface area contributed by atoms with E-state index in [0.717, 1.165) is 0 Å². The van der Waals surface area contributed by atoms with Gasteiger partial charge in [-0.15, -0.1) is 5.73 Å². The van der Waals surface area contributed by atoms with Crippen molar-refractivity contribution < 1.29 is 4.79 Å². The SMILES string of the molecule is C=C=C/C(=C\C=C)C(=O)c1ccccc1.CC.CC. The first kappa shape index (κ1) is 19.2. The minimum atomic E-state index is -0.0494. The number of allylic oxidation sites excluding steroid dienone is 4. The molecule has 0 heterocycles. The van der Waals surface area contributed by atoms with Gasteiger partial charge in [0.05, 0.1) is 0 Å². The third-order valence-electron chi connectivity index (χ3n) is 1.85. The molecule has 0 radical (unpaired) electrons. The van der Waals surface area contributed by atoms with Crippen molar-refractivity contribution >= 4 is 5.78 Å². The van der Waals surface area contributed by atoms with E-state index < -0.39 is 0 Å². The molecule has 0 aliphatic rings. The second-order valence-electron chi connectivity index (χ2n) is 2.90. The summed E-state index contributed by atoms with van der Waals surface area (Å²) < 4.78 is 0. The quantitative estimate of drug-likeness (QED) is 0.306. The van der Waals surface area contributed by atoms with Crippen LogP contribution in [0, 0.1) is 0 Å². The van der Waals surface area contributed by atoms with Crippen LogP contribution < -0.4 is 0 Å². The van der Waals surface area contributed by atoms with Crippen molar-refractivity contribution in [2.24, 2.45) is 0 Å². The largest absolute Gasteiger partial charge is 0.289 e. The zero-order valence-electron chi connectivity index (χ0n) is 12.4. The molecule has 0 saturated heterocycles. The molecule has 1 nitrogen and oxygen atoms in total. The van der Waals surface area contributed by atoms with E-state index in [9.17, 15) is 4.79 Å². The van der Waals surface area contributed by atoms with E-state index in [1.165, 1.54) is 0 Å². The molecule has 0 aliphatic carbocycles. The molecule has 102 valence electrons. The van der Waals surface area contributed by atoms with E-state index in [4.69, 9.17) is 0 Å². The molecule has 0 atom stereocenters. The Morgan fingerprint density at radius 3 is 2.05 bits per heavy atom. The molecule has 1 rings (SSSR count). The van der Waals surface area contributed by atoms with Crippen LogP contribution in [0.15, 0.2) is 73.0 Å². The second kappa shape index (κ2) is 14.0. The lowest BCUT2D eigenvalue weighted by molar-refractivity contribution is 0.103. The minimum Gasteiger partial charge on any atom is -0.289 e. The zero-order chi connectivity index (χ0) is 15.1. The highest BCUT2D eigenvalue weighted by molar-refractivity contribution is 6.10. The molecule has 0 spiro atoms. The van der Waals surface area contributed by atoms with Gasteiger partial charge in [0.15, 0.2) is 5.78 Å². The number of Topliss-reactive ketones (excluding diaryl/α,β-unsaturated/α-hetero) is 1. The summed E-state index contributed by atoms with van der Waals surface area (Å²) in [5, 5.41) is 0. The van der Waals surface area contributed by atoms with E-state index in [1.54, 1.807) is 30.4 Å². The summed E-state index contributed by atoms with van der Waals surface area (Å²) in [7, 11) is 0. The van der Waals surface area contributed by atoms with Gasteiger partial charge in [-0.2, -0.15) is 0 Å². The van der Waals surface area contributed by atoms with Gasteiger partial charge in [0.1, 0.15) is 0 Å². The highest BCUT2D eigenvalue weighted by Crippen LogP contribution is 2.09. The molecular weight excluding hydrogens is 232 g/mol. The van der Waals surface area contributed by atoms with E-state index in [-0.39, 0.29) is 5.78 Å². The predicted molar refractivity (Wildman–Crippen MR) is 85.5 cm³/mol. The third kappa shape index (κ3) is 7.75. The first-order chi connectivity index (χ1) is 9.29. The normalized spacial score (nSPS) is 8.74. The van der Waals surface area contributed by atoms with Crippen LogP contribution in [0.5, 0.6) is 0 Å². The summed E-state index contributed by atoms with van der Waals surface area (Å²) in [6.07, 6.45) is 4.77. The van der Waals surface area contributed by atoms with Crippen molar-refractivity contribution in [1.82, 2.24) is 0 Å². The summed E-state index contributed by atoms with van der Waals surface area (Å²) in [5.41, 5.74) is 3.77. The Bertz CT molecular complexity index is 432. The molecule has 19 heavy (non-hydrogen) atoms. The topological polar surface area (TPSA) is 17.1 Å². The maximum absolute atomic E-state index is 11.9. The maximum Gasteiger partial charge on any atom is 0.193 e. The van der Waals surface area contributed by atoms with Crippen LogP contribution in [-0.4, -0.2) is 5.78 Å². The minimum absolute atomic E-state index is 0.0494. The van der Waals surface area contributed by atoms with Crippen LogP contribution in [0.25, 0.3) is 0 Å². The molecule has 1 aromatic rings. The lowest BCUT2D eigenvalue weighted by Gasteiger charge is -1.99. The van der Waals surface area contributed by atoms with Gasteiger partial charge in [0.2, 0.25) is 0 Å². The molecule has 1 heteroatoms. The van der Waals surface area contributed by atoms with Crippen molar-refractivity contribution in [2.75, 3.05) is 0 Å². The standard InChI is InChI=1S/C14H12O.2C2H6/c1-3-8-12(9-4-2)14(15)13-10-6-5-7-11-13;2*1-2/h3,5-11H,1-2H2;2*1-2H3/b12-8+;;. The fraction of sp³-hybridized carbons (Fsp3) is 0.222. The lowest BCUT2D eigenvalue weighted by Crippen LogP contribution is -2.00. The van der Waals surface area contributed by atoms with Gasteiger partial charge in [-0.05, 0) is 6.08 Å². The molecular formula is C18H24O. The van der Waals surface area contributed by atoms with Crippen molar-refractivity contribution in [1.29, 1.82) is 0 Å². The third-order valence-corrected chi connectivity index (χ3v) is 1.85. The van der Waals surface area contributed by atoms with Gasteiger partial charge < -0.3 is 0 Å². The van der Waals surface area contributed by atoms with Gasteiger partial charge in [0.25, 0.3) is 0 Å². The molecule has 0 amide bonds. The average Bonchev–Trinajstić information content (AvgIpc) is 2.51. The highest BCUT2D eigenvalue weighted by Gasteiger charge is 2.07. The Balaban J connectivity index is 0. The van der Waals surface area contributed by atoms with E-state index >= 15 is 0 Å². The van der Waals surface area contributed by atoms with Gasteiger partial charge in [0, 0.05) is 11.1 Å². The number of carbonyl (C=O) groups excluding carboxylic acids is 1. The fourth-order valence-corrected chi connectivity index (χ4v) is 1.18. The van der Waals surface area contributed by atoms with E-state index in [2.05, 4.69) is 18.9 Å². The summed E-state index contributed by atoms with van der Waals surface area (Å²) in [6.45, 7) is 15.0. The van der Waals surface area contributed by atoms with Crippen LogP contribution >= 0.6 is 0 Å². The van der Waals surface area contributed by atoms with Crippen LogP contribution in [0.3, 0.4) is 0 Å². The monoisotopic (exact) mass is 256 g/mol. The highest BCUT2D eigenvalue weighted by atomic mass is 16.1. The van der Waals surface area contributed by atoms with Crippen molar-refractivity contribution in [3.05, 3.63) is 78.6 Å². The van der Waals surface area contributed by atoms with Crippen molar-refractivity contribution in [3.63, 3.8) is 0 Å². The smallest absolute Gasteiger partial charge is 0.193 e. The van der Waals surface area contributed by atoms with E-state index in [1.807, 2.05) is 45.9 Å². The first-order valence-corrected chi connectivity index (χ1v) is 6.58. The Morgan fingerprint density at radius 2 is 1.63 bits per heavy atom. The Labute approximate surface area is 117 Å². The molecule has 1 aromatic carbocycles. The molecule has 0 N–H and O–H groups in total. The number of carbonyl (C=O) groups is 1. The van der Waals surface area contributed by atoms with Crippen LogP contribution in [0.4, 0.5) is 0 Å². The molecule has 0 unspecified atom stereocenters. The maximum atomic E-state index is 11.9. The second-order valence-corrected chi connectivity index (χ2v) is 2.90. The number of hydrogen-bond acceptors (Lipinski definition) is 1. The molecule has 0 aromatic heterocycles. The number of hydrogen-bond donors (Lipinski definition) is 0.